The first-order valence-corrected chi connectivity index (χ1v) is 9.54. The number of rotatable bonds is 4. The standard InChI is InChI=1S/C21H20F3N5O/c22-21(23,24)18-6-7-19(25-14-18)27-10-12-28(13-11-27)20(30)17-4-2-16(3-5-17)15-29-9-1-8-26-29/h1-9,14H,10-13,15H2. The van der Waals surface area contributed by atoms with E-state index in [2.05, 4.69) is 10.1 Å². The quantitative estimate of drug-likeness (QED) is 0.656. The Labute approximate surface area is 171 Å². The highest BCUT2D eigenvalue weighted by Gasteiger charge is 2.31. The van der Waals surface area contributed by atoms with Gasteiger partial charge in [-0.05, 0) is 35.9 Å². The average molecular weight is 415 g/mol. The number of carbonyl (C=O) groups is 1. The molecule has 0 bridgehead atoms. The second-order valence-corrected chi connectivity index (χ2v) is 7.08. The summed E-state index contributed by atoms with van der Waals surface area (Å²) in [6.07, 6.45) is 0.0457. The van der Waals surface area contributed by atoms with E-state index in [-0.39, 0.29) is 5.91 Å². The zero-order chi connectivity index (χ0) is 21.1. The van der Waals surface area contributed by atoms with Gasteiger partial charge in [-0.25, -0.2) is 4.98 Å². The lowest BCUT2D eigenvalue weighted by Gasteiger charge is -2.35. The Morgan fingerprint density at radius 1 is 1.00 bits per heavy atom. The molecule has 0 unspecified atom stereocenters. The first-order chi connectivity index (χ1) is 14.4. The van der Waals surface area contributed by atoms with E-state index in [1.165, 1.54) is 6.07 Å². The number of nitrogens with zero attached hydrogens (tertiary/aromatic N) is 5. The minimum atomic E-state index is -4.40. The van der Waals surface area contributed by atoms with Crippen LogP contribution < -0.4 is 4.90 Å². The molecule has 3 heterocycles. The third-order valence-electron chi connectivity index (χ3n) is 5.07. The molecular formula is C21H20F3N5O. The molecule has 1 fully saturated rings. The number of hydrogen-bond donors (Lipinski definition) is 0. The molecule has 0 spiro atoms. The average Bonchev–Trinajstić information content (AvgIpc) is 3.26. The highest BCUT2D eigenvalue weighted by atomic mass is 19.4. The van der Waals surface area contributed by atoms with E-state index < -0.39 is 11.7 Å². The number of hydrogen-bond acceptors (Lipinski definition) is 4. The predicted molar refractivity (Wildman–Crippen MR) is 105 cm³/mol. The van der Waals surface area contributed by atoms with Crippen molar-refractivity contribution in [1.29, 1.82) is 0 Å². The van der Waals surface area contributed by atoms with E-state index in [9.17, 15) is 18.0 Å². The second kappa shape index (κ2) is 8.17. The molecule has 2 aromatic heterocycles. The molecule has 156 valence electrons. The lowest BCUT2D eigenvalue weighted by atomic mass is 10.1. The van der Waals surface area contributed by atoms with Crippen LogP contribution in [0.2, 0.25) is 0 Å². The first kappa shape index (κ1) is 19.9. The van der Waals surface area contributed by atoms with Crippen LogP contribution in [0.25, 0.3) is 0 Å². The van der Waals surface area contributed by atoms with E-state index in [1.807, 2.05) is 46.1 Å². The van der Waals surface area contributed by atoms with E-state index in [0.717, 1.165) is 17.8 Å². The van der Waals surface area contributed by atoms with Gasteiger partial charge >= 0.3 is 6.18 Å². The van der Waals surface area contributed by atoms with Crippen LogP contribution in [0.5, 0.6) is 0 Å². The normalized spacial score (nSPS) is 14.8. The van der Waals surface area contributed by atoms with Crippen molar-refractivity contribution in [2.75, 3.05) is 31.1 Å². The zero-order valence-electron chi connectivity index (χ0n) is 16.1. The molecule has 9 heteroatoms. The number of aromatic nitrogens is 3. The molecule has 6 nitrogen and oxygen atoms in total. The molecule has 3 aromatic rings. The van der Waals surface area contributed by atoms with Crippen molar-refractivity contribution in [1.82, 2.24) is 19.7 Å². The molecule has 1 amide bonds. The topological polar surface area (TPSA) is 54.3 Å². The van der Waals surface area contributed by atoms with Gasteiger partial charge in [0.1, 0.15) is 5.82 Å². The SMILES string of the molecule is O=C(c1ccc(Cn2cccn2)cc1)N1CCN(c2ccc(C(F)(F)F)cn2)CC1. The summed E-state index contributed by atoms with van der Waals surface area (Å²) < 4.78 is 39.9. The van der Waals surface area contributed by atoms with Crippen LogP contribution in [0.15, 0.2) is 61.1 Å². The van der Waals surface area contributed by atoms with Crippen molar-refractivity contribution >= 4 is 11.7 Å². The molecule has 30 heavy (non-hydrogen) atoms. The molecule has 0 N–H and O–H groups in total. The third kappa shape index (κ3) is 4.45. The van der Waals surface area contributed by atoms with Gasteiger partial charge in [-0.15, -0.1) is 0 Å². The van der Waals surface area contributed by atoms with E-state index in [0.29, 0.717) is 44.1 Å². The Bertz CT molecular complexity index is 977. The maximum absolute atomic E-state index is 12.8. The fourth-order valence-electron chi connectivity index (χ4n) is 3.40. The smallest absolute Gasteiger partial charge is 0.353 e. The number of pyridine rings is 1. The lowest BCUT2D eigenvalue weighted by Crippen LogP contribution is -2.49. The summed E-state index contributed by atoms with van der Waals surface area (Å²) in [5.74, 6) is 0.429. The largest absolute Gasteiger partial charge is 0.417 e. The van der Waals surface area contributed by atoms with Gasteiger partial charge in [-0.1, -0.05) is 12.1 Å². The van der Waals surface area contributed by atoms with Gasteiger partial charge < -0.3 is 9.80 Å². The van der Waals surface area contributed by atoms with Crippen molar-refractivity contribution in [3.8, 4) is 0 Å². The number of piperazine rings is 1. The summed E-state index contributed by atoms with van der Waals surface area (Å²) in [5.41, 5.74) is 0.893. The minimum Gasteiger partial charge on any atom is -0.353 e. The number of amides is 1. The monoisotopic (exact) mass is 415 g/mol. The maximum atomic E-state index is 12.8. The fourth-order valence-corrected chi connectivity index (χ4v) is 3.40. The number of anilines is 1. The molecule has 4 rings (SSSR count). The van der Waals surface area contributed by atoms with Crippen LogP contribution >= 0.6 is 0 Å². The van der Waals surface area contributed by atoms with Gasteiger partial charge in [0.25, 0.3) is 5.91 Å². The Balaban J connectivity index is 1.34. The predicted octanol–water partition coefficient (Wildman–Crippen LogP) is 3.31. The molecular weight excluding hydrogens is 395 g/mol. The van der Waals surface area contributed by atoms with Crippen LogP contribution in [0.1, 0.15) is 21.5 Å². The van der Waals surface area contributed by atoms with E-state index in [4.69, 9.17) is 0 Å². The van der Waals surface area contributed by atoms with Crippen LogP contribution in [0.4, 0.5) is 19.0 Å². The van der Waals surface area contributed by atoms with Crippen molar-refractivity contribution in [2.24, 2.45) is 0 Å². The molecule has 1 saturated heterocycles. The van der Waals surface area contributed by atoms with E-state index >= 15 is 0 Å². The number of benzene rings is 1. The van der Waals surface area contributed by atoms with Crippen molar-refractivity contribution in [3.63, 3.8) is 0 Å². The van der Waals surface area contributed by atoms with Crippen LogP contribution in [-0.4, -0.2) is 51.8 Å². The summed E-state index contributed by atoms with van der Waals surface area (Å²) in [7, 11) is 0. The Kier molecular flexibility index (Phi) is 5.43. The Morgan fingerprint density at radius 3 is 2.30 bits per heavy atom. The molecule has 0 atom stereocenters. The summed E-state index contributed by atoms with van der Waals surface area (Å²) in [4.78, 5) is 20.3. The van der Waals surface area contributed by atoms with Crippen molar-refractivity contribution in [3.05, 3.63) is 77.7 Å². The molecule has 0 saturated carbocycles. The van der Waals surface area contributed by atoms with Gasteiger partial charge in [0.05, 0.1) is 12.1 Å². The minimum absolute atomic E-state index is 0.0549. The zero-order valence-corrected chi connectivity index (χ0v) is 16.1. The number of halogens is 3. The Morgan fingerprint density at radius 2 is 1.73 bits per heavy atom. The summed E-state index contributed by atoms with van der Waals surface area (Å²) in [6.45, 7) is 2.64. The second-order valence-electron chi connectivity index (χ2n) is 7.08. The molecule has 1 aliphatic heterocycles. The van der Waals surface area contributed by atoms with Gasteiger partial charge in [0.15, 0.2) is 0 Å². The molecule has 1 aromatic carbocycles. The van der Waals surface area contributed by atoms with Crippen molar-refractivity contribution < 1.29 is 18.0 Å². The van der Waals surface area contributed by atoms with Crippen LogP contribution in [0, 0.1) is 0 Å². The van der Waals surface area contributed by atoms with Gasteiger partial charge in [-0.3, -0.25) is 9.48 Å². The summed E-state index contributed by atoms with van der Waals surface area (Å²) in [6, 6.07) is 11.7. The number of carbonyl (C=O) groups excluding carboxylic acids is 1. The van der Waals surface area contributed by atoms with Gasteiger partial charge in [0, 0.05) is 50.3 Å². The number of alkyl halides is 3. The van der Waals surface area contributed by atoms with Crippen LogP contribution in [-0.2, 0) is 12.7 Å². The molecule has 0 aliphatic carbocycles. The fraction of sp³-hybridized carbons (Fsp3) is 0.286. The van der Waals surface area contributed by atoms with E-state index in [1.54, 1.807) is 11.1 Å². The van der Waals surface area contributed by atoms with Gasteiger partial charge in [0.2, 0.25) is 0 Å². The summed E-state index contributed by atoms with van der Waals surface area (Å²) >= 11 is 0. The van der Waals surface area contributed by atoms with Crippen LogP contribution in [0.3, 0.4) is 0 Å². The van der Waals surface area contributed by atoms with Gasteiger partial charge in [-0.2, -0.15) is 18.3 Å². The third-order valence-corrected chi connectivity index (χ3v) is 5.07. The molecule has 0 radical (unpaired) electrons. The van der Waals surface area contributed by atoms with Crippen molar-refractivity contribution in [2.45, 2.75) is 12.7 Å². The highest BCUT2D eigenvalue weighted by molar-refractivity contribution is 5.94. The molecule has 1 aliphatic rings. The summed E-state index contributed by atoms with van der Waals surface area (Å²) in [5, 5.41) is 4.17. The lowest BCUT2D eigenvalue weighted by molar-refractivity contribution is -0.137. The Hall–Kier alpha value is -3.36. The highest BCUT2D eigenvalue weighted by Crippen LogP contribution is 2.29. The maximum Gasteiger partial charge on any atom is 0.417 e. The first-order valence-electron chi connectivity index (χ1n) is 9.54.